The van der Waals surface area contributed by atoms with Crippen molar-refractivity contribution >= 4 is 14.5 Å². The normalized spacial score (nSPS) is 10.2. The minimum absolute atomic E-state index is 0.799. The predicted molar refractivity (Wildman–Crippen MR) is 56.1 cm³/mol. The van der Waals surface area contributed by atoms with Crippen molar-refractivity contribution in [3.05, 3.63) is 29.3 Å². The highest BCUT2D eigenvalue weighted by Gasteiger charge is 1.95. The molecule has 0 bridgehead atoms. The van der Waals surface area contributed by atoms with Gasteiger partial charge in [-0.15, -0.1) is 9.24 Å². The maximum absolute atomic E-state index is 5.01. The molecular weight excluding hydrogens is 167 g/mol. The summed E-state index contributed by atoms with van der Waals surface area (Å²) in [6.07, 6.45) is 0.998. The fourth-order valence-corrected chi connectivity index (χ4v) is 1.38. The first-order valence-corrected chi connectivity index (χ1v) is 4.65. The van der Waals surface area contributed by atoms with Gasteiger partial charge in [0.05, 0.1) is 6.61 Å². The quantitative estimate of drug-likeness (QED) is 0.646. The molecule has 1 unspecified atom stereocenters. The minimum atomic E-state index is 0.799. The Labute approximate surface area is 76.3 Å². The van der Waals surface area contributed by atoms with Crippen molar-refractivity contribution < 1.29 is 4.74 Å². The molecule has 0 aliphatic rings. The van der Waals surface area contributed by atoms with Crippen molar-refractivity contribution in [1.29, 1.82) is 0 Å². The van der Waals surface area contributed by atoms with Gasteiger partial charge in [-0.2, -0.15) is 0 Å². The monoisotopic (exact) mass is 182 g/mol. The van der Waals surface area contributed by atoms with E-state index in [0.717, 1.165) is 13.0 Å². The Balaban J connectivity index is 2.69. The molecule has 1 atom stereocenters. The van der Waals surface area contributed by atoms with Crippen LogP contribution in [0, 0.1) is 6.92 Å². The Morgan fingerprint density at radius 3 is 2.75 bits per heavy atom. The second-order valence-corrected chi connectivity index (χ2v) is 3.56. The topological polar surface area (TPSA) is 9.23 Å². The molecule has 1 aromatic carbocycles. The van der Waals surface area contributed by atoms with Crippen LogP contribution < -0.4 is 5.30 Å². The average Bonchev–Trinajstić information content (AvgIpc) is 2.07. The van der Waals surface area contributed by atoms with Crippen molar-refractivity contribution in [3.8, 4) is 0 Å². The molecule has 0 aliphatic heterocycles. The zero-order chi connectivity index (χ0) is 8.97. The lowest BCUT2D eigenvalue weighted by atomic mass is 10.1. The van der Waals surface area contributed by atoms with E-state index in [1.165, 1.54) is 16.4 Å². The van der Waals surface area contributed by atoms with Crippen molar-refractivity contribution in [1.82, 2.24) is 0 Å². The van der Waals surface area contributed by atoms with Gasteiger partial charge in [0.2, 0.25) is 0 Å². The van der Waals surface area contributed by atoms with Crippen molar-refractivity contribution in [2.45, 2.75) is 13.3 Å². The summed E-state index contributed by atoms with van der Waals surface area (Å²) in [5.74, 6) is 0. The SMILES string of the molecule is COCCc1ccc(C)c(P)c1. The molecule has 66 valence electrons. The Hall–Kier alpha value is -0.390. The maximum Gasteiger partial charge on any atom is 0.0502 e. The number of hydrogen-bond acceptors (Lipinski definition) is 1. The Bertz CT molecular complexity index is 258. The van der Waals surface area contributed by atoms with Crippen LogP contribution in [0.5, 0.6) is 0 Å². The standard InChI is InChI=1S/C10H15OP/c1-8-3-4-9(5-6-11-2)7-10(8)12/h3-4,7H,5-6,12H2,1-2H3. The molecule has 0 fully saturated rings. The number of benzene rings is 1. The highest BCUT2D eigenvalue weighted by Crippen LogP contribution is 2.04. The van der Waals surface area contributed by atoms with E-state index in [1.807, 2.05) is 0 Å². The number of rotatable bonds is 3. The van der Waals surface area contributed by atoms with E-state index < -0.39 is 0 Å². The van der Waals surface area contributed by atoms with Gasteiger partial charge < -0.3 is 4.74 Å². The number of hydrogen-bond donors (Lipinski definition) is 0. The fourth-order valence-electron chi connectivity index (χ4n) is 1.07. The fraction of sp³-hybridized carbons (Fsp3) is 0.400. The molecule has 0 spiro atoms. The van der Waals surface area contributed by atoms with Gasteiger partial charge in [0.15, 0.2) is 0 Å². The van der Waals surface area contributed by atoms with Crippen LogP contribution in [0.3, 0.4) is 0 Å². The van der Waals surface area contributed by atoms with Gasteiger partial charge in [-0.05, 0) is 29.8 Å². The van der Waals surface area contributed by atoms with Crippen LogP contribution in [0.4, 0.5) is 0 Å². The summed E-state index contributed by atoms with van der Waals surface area (Å²) in [6, 6.07) is 6.49. The number of aryl methyl sites for hydroxylation is 1. The van der Waals surface area contributed by atoms with Crippen LogP contribution in [0.2, 0.25) is 0 Å². The molecule has 0 radical (unpaired) electrons. The van der Waals surface area contributed by atoms with Gasteiger partial charge in [-0.1, -0.05) is 18.2 Å². The molecule has 0 saturated carbocycles. The number of methoxy groups -OCH3 is 1. The first-order valence-electron chi connectivity index (χ1n) is 4.08. The summed E-state index contributed by atoms with van der Waals surface area (Å²) < 4.78 is 5.01. The van der Waals surface area contributed by atoms with Gasteiger partial charge >= 0.3 is 0 Å². The van der Waals surface area contributed by atoms with E-state index in [1.54, 1.807) is 7.11 Å². The molecule has 0 aliphatic carbocycles. The lowest BCUT2D eigenvalue weighted by Gasteiger charge is -2.03. The molecule has 0 amide bonds. The van der Waals surface area contributed by atoms with Gasteiger partial charge in [0.1, 0.15) is 0 Å². The molecule has 0 aromatic heterocycles. The second kappa shape index (κ2) is 4.59. The molecule has 2 heteroatoms. The third kappa shape index (κ3) is 2.58. The van der Waals surface area contributed by atoms with Crippen LogP contribution >= 0.6 is 9.24 Å². The Morgan fingerprint density at radius 1 is 1.42 bits per heavy atom. The van der Waals surface area contributed by atoms with Crippen LogP contribution in [-0.2, 0) is 11.2 Å². The summed E-state index contributed by atoms with van der Waals surface area (Å²) in [7, 11) is 4.48. The third-order valence-corrected chi connectivity index (χ3v) is 2.56. The predicted octanol–water partition coefficient (Wildman–Crippen LogP) is 1.68. The van der Waals surface area contributed by atoms with Gasteiger partial charge in [-0.3, -0.25) is 0 Å². The summed E-state index contributed by atoms with van der Waals surface area (Å²) >= 11 is 0. The van der Waals surface area contributed by atoms with E-state index >= 15 is 0 Å². The largest absolute Gasteiger partial charge is 0.384 e. The highest BCUT2D eigenvalue weighted by molar-refractivity contribution is 7.27. The van der Waals surface area contributed by atoms with E-state index in [4.69, 9.17) is 4.74 Å². The summed E-state index contributed by atoms with van der Waals surface area (Å²) in [5.41, 5.74) is 2.66. The number of ether oxygens (including phenoxy) is 1. The molecule has 0 N–H and O–H groups in total. The molecule has 1 aromatic rings. The minimum Gasteiger partial charge on any atom is -0.384 e. The molecule has 1 rings (SSSR count). The zero-order valence-corrected chi connectivity index (χ0v) is 8.79. The van der Waals surface area contributed by atoms with Crippen LogP contribution in [0.15, 0.2) is 18.2 Å². The zero-order valence-electron chi connectivity index (χ0n) is 7.63. The van der Waals surface area contributed by atoms with E-state index in [2.05, 4.69) is 34.4 Å². The van der Waals surface area contributed by atoms with E-state index in [0.29, 0.717) is 0 Å². The van der Waals surface area contributed by atoms with Crippen molar-refractivity contribution in [2.24, 2.45) is 0 Å². The van der Waals surface area contributed by atoms with Gasteiger partial charge in [-0.25, -0.2) is 0 Å². The van der Waals surface area contributed by atoms with Gasteiger partial charge in [0.25, 0.3) is 0 Å². The van der Waals surface area contributed by atoms with Crippen LogP contribution in [0.25, 0.3) is 0 Å². The highest BCUT2D eigenvalue weighted by atomic mass is 31.0. The van der Waals surface area contributed by atoms with Crippen LogP contribution in [-0.4, -0.2) is 13.7 Å². The third-order valence-electron chi connectivity index (χ3n) is 1.94. The van der Waals surface area contributed by atoms with Crippen molar-refractivity contribution in [3.63, 3.8) is 0 Å². The lowest BCUT2D eigenvalue weighted by Crippen LogP contribution is -2.01. The van der Waals surface area contributed by atoms with Crippen molar-refractivity contribution in [2.75, 3.05) is 13.7 Å². The maximum atomic E-state index is 5.01. The second-order valence-electron chi connectivity index (χ2n) is 2.93. The molecular formula is C10H15OP. The summed E-state index contributed by atoms with van der Waals surface area (Å²) in [4.78, 5) is 0. The summed E-state index contributed by atoms with van der Waals surface area (Å²) in [5, 5.41) is 1.28. The average molecular weight is 182 g/mol. The van der Waals surface area contributed by atoms with Gasteiger partial charge in [0, 0.05) is 7.11 Å². The Kier molecular flexibility index (Phi) is 3.71. The Morgan fingerprint density at radius 2 is 2.17 bits per heavy atom. The molecule has 1 nitrogen and oxygen atoms in total. The first-order chi connectivity index (χ1) is 5.74. The smallest absolute Gasteiger partial charge is 0.0502 e. The first kappa shape index (κ1) is 9.70. The van der Waals surface area contributed by atoms with Crippen LogP contribution in [0.1, 0.15) is 11.1 Å². The lowest BCUT2D eigenvalue weighted by molar-refractivity contribution is 0.202. The van der Waals surface area contributed by atoms with E-state index in [9.17, 15) is 0 Å². The molecule has 12 heavy (non-hydrogen) atoms. The molecule has 0 saturated heterocycles. The summed E-state index contributed by atoms with van der Waals surface area (Å²) in [6.45, 7) is 2.91. The van der Waals surface area contributed by atoms with E-state index in [-0.39, 0.29) is 0 Å². The molecule has 0 heterocycles.